The zero-order valence-corrected chi connectivity index (χ0v) is 10.7. The largest absolute Gasteiger partial charge is 0.399 e. The lowest BCUT2D eigenvalue weighted by atomic mass is 10.0. The summed E-state index contributed by atoms with van der Waals surface area (Å²) >= 11 is 0. The molecule has 0 bridgehead atoms. The van der Waals surface area contributed by atoms with E-state index in [1.54, 1.807) is 0 Å². The summed E-state index contributed by atoms with van der Waals surface area (Å²) in [6.45, 7) is 8.95. The Bertz CT molecular complexity index is 288. The molecule has 2 heteroatoms. The van der Waals surface area contributed by atoms with Gasteiger partial charge in [0.1, 0.15) is 0 Å². The molecule has 0 aliphatic heterocycles. The van der Waals surface area contributed by atoms with Crippen LogP contribution in [0.15, 0.2) is 24.3 Å². The number of hydrogen-bond donors (Lipinski definition) is 1. The average molecular weight is 220 g/mol. The highest BCUT2D eigenvalue weighted by molar-refractivity contribution is 5.53. The average Bonchev–Trinajstić information content (AvgIpc) is 2.32. The van der Waals surface area contributed by atoms with Crippen molar-refractivity contribution in [1.29, 1.82) is 0 Å². The van der Waals surface area contributed by atoms with Gasteiger partial charge in [-0.15, -0.1) is 0 Å². The van der Waals surface area contributed by atoms with Gasteiger partial charge < -0.3 is 10.6 Å². The van der Waals surface area contributed by atoms with Crippen LogP contribution in [0.3, 0.4) is 0 Å². The van der Waals surface area contributed by atoms with Gasteiger partial charge in [-0.2, -0.15) is 0 Å². The molecule has 1 aromatic carbocycles. The first-order chi connectivity index (χ1) is 7.71. The van der Waals surface area contributed by atoms with E-state index in [1.165, 1.54) is 18.5 Å². The van der Waals surface area contributed by atoms with Crippen molar-refractivity contribution in [1.82, 2.24) is 0 Å². The fraction of sp³-hybridized carbons (Fsp3) is 0.571. The van der Waals surface area contributed by atoms with Crippen LogP contribution in [-0.2, 0) is 0 Å². The van der Waals surface area contributed by atoms with E-state index in [4.69, 9.17) is 5.73 Å². The number of nitrogens with zero attached hydrogens (tertiary/aromatic N) is 1. The third-order valence-electron chi connectivity index (χ3n) is 3.27. The Morgan fingerprint density at radius 1 is 1.06 bits per heavy atom. The molecule has 1 aromatic rings. The van der Waals surface area contributed by atoms with Gasteiger partial charge in [-0.3, -0.25) is 0 Å². The summed E-state index contributed by atoms with van der Waals surface area (Å²) in [5.41, 5.74) is 7.82. The van der Waals surface area contributed by atoms with Crippen LogP contribution < -0.4 is 10.6 Å². The molecule has 0 heterocycles. The molecule has 90 valence electrons. The van der Waals surface area contributed by atoms with E-state index in [-0.39, 0.29) is 0 Å². The number of anilines is 2. The van der Waals surface area contributed by atoms with Crippen molar-refractivity contribution in [2.45, 2.75) is 33.6 Å². The Balaban J connectivity index is 2.70. The fourth-order valence-corrected chi connectivity index (χ4v) is 1.96. The molecule has 16 heavy (non-hydrogen) atoms. The predicted octanol–water partition coefficient (Wildman–Crippen LogP) is 3.53. The fourth-order valence-electron chi connectivity index (χ4n) is 1.96. The monoisotopic (exact) mass is 220 g/mol. The molecule has 0 fully saturated rings. The maximum atomic E-state index is 5.70. The molecule has 1 rings (SSSR count). The van der Waals surface area contributed by atoms with Gasteiger partial charge in [0, 0.05) is 24.5 Å². The van der Waals surface area contributed by atoms with Gasteiger partial charge >= 0.3 is 0 Å². The van der Waals surface area contributed by atoms with Crippen LogP contribution in [0.4, 0.5) is 11.4 Å². The van der Waals surface area contributed by atoms with Gasteiger partial charge in [-0.05, 0) is 37.1 Å². The second-order valence-electron chi connectivity index (χ2n) is 4.31. The Hall–Kier alpha value is -1.18. The second-order valence-corrected chi connectivity index (χ2v) is 4.31. The van der Waals surface area contributed by atoms with Crippen LogP contribution in [0.25, 0.3) is 0 Å². The van der Waals surface area contributed by atoms with Crippen molar-refractivity contribution in [3.8, 4) is 0 Å². The molecule has 2 N–H and O–H groups in total. The Labute approximate surface area is 99.5 Å². The van der Waals surface area contributed by atoms with E-state index in [0.29, 0.717) is 0 Å². The van der Waals surface area contributed by atoms with Crippen molar-refractivity contribution < 1.29 is 0 Å². The van der Waals surface area contributed by atoms with E-state index in [1.807, 2.05) is 12.1 Å². The van der Waals surface area contributed by atoms with Gasteiger partial charge in [0.15, 0.2) is 0 Å². The minimum absolute atomic E-state index is 0.789. The van der Waals surface area contributed by atoms with Gasteiger partial charge in [0.2, 0.25) is 0 Å². The van der Waals surface area contributed by atoms with E-state index in [0.717, 1.165) is 24.7 Å². The highest BCUT2D eigenvalue weighted by Gasteiger charge is 2.10. The summed E-state index contributed by atoms with van der Waals surface area (Å²) in [7, 11) is 0. The molecule has 2 nitrogen and oxygen atoms in total. The smallest absolute Gasteiger partial charge is 0.0367 e. The Kier molecular flexibility index (Phi) is 5.17. The normalized spacial score (nSPS) is 10.8. The molecule has 0 spiro atoms. The molecule has 0 aliphatic rings. The molecular formula is C14H24N2. The Morgan fingerprint density at radius 3 is 2.06 bits per heavy atom. The summed E-state index contributed by atoms with van der Waals surface area (Å²) in [4.78, 5) is 2.43. The lowest BCUT2D eigenvalue weighted by Gasteiger charge is -2.27. The zero-order chi connectivity index (χ0) is 12.0. The topological polar surface area (TPSA) is 29.3 Å². The first-order valence-electron chi connectivity index (χ1n) is 6.31. The molecule has 0 radical (unpaired) electrons. The third kappa shape index (κ3) is 3.44. The van der Waals surface area contributed by atoms with Crippen LogP contribution in [0.1, 0.15) is 33.6 Å². The maximum Gasteiger partial charge on any atom is 0.0367 e. The van der Waals surface area contributed by atoms with Crippen molar-refractivity contribution in [2.75, 3.05) is 23.7 Å². The number of rotatable bonds is 6. The number of nitrogen functional groups attached to an aromatic ring is 1. The van der Waals surface area contributed by atoms with Crippen molar-refractivity contribution in [3.63, 3.8) is 0 Å². The first kappa shape index (κ1) is 12.9. The highest BCUT2D eigenvalue weighted by atomic mass is 15.1. The zero-order valence-electron chi connectivity index (χ0n) is 10.7. The minimum Gasteiger partial charge on any atom is -0.399 e. The summed E-state index contributed by atoms with van der Waals surface area (Å²) in [5.74, 6) is 0.789. The summed E-state index contributed by atoms with van der Waals surface area (Å²) in [5, 5.41) is 0. The quantitative estimate of drug-likeness (QED) is 0.743. The first-order valence-corrected chi connectivity index (χ1v) is 6.31. The summed E-state index contributed by atoms with van der Waals surface area (Å²) in [6, 6.07) is 8.18. The summed E-state index contributed by atoms with van der Waals surface area (Å²) < 4.78 is 0. The molecule has 0 amide bonds. The number of hydrogen-bond acceptors (Lipinski definition) is 2. The molecule has 0 aliphatic carbocycles. The van der Waals surface area contributed by atoms with Gasteiger partial charge in [0.25, 0.3) is 0 Å². The van der Waals surface area contributed by atoms with E-state index in [9.17, 15) is 0 Å². The lowest BCUT2D eigenvalue weighted by Crippen LogP contribution is -2.28. The molecule has 0 atom stereocenters. The summed E-state index contributed by atoms with van der Waals surface area (Å²) in [6.07, 6.45) is 2.50. The molecule has 0 saturated carbocycles. The molecular weight excluding hydrogens is 196 g/mol. The van der Waals surface area contributed by atoms with Crippen molar-refractivity contribution in [3.05, 3.63) is 24.3 Å². The van der Waals surface area contributed by atoms with Crippen LogP contribution >= 0.6 is 0 Å². The van der Waals surface area contributed by atoms with E-state index in [2.05, 4.69) is 37.8 Å². The van der Waals surface area contributed by atoms with Gasteiger partial charge in [0.05, 0.1) is 0 Å². The SMILES string of the molecule is CCC(CC)CN(CC)c1ccc(N)cc1. The van der Waals surface area contributed by atoms with Crippen molar-refractivity contribution in [2.24, 2.45) is 5.92 Å². The molecule has 0 aromatic heterocycles. The van der Waals surface area contributed by atoms with Crippen LogP contribution in [0.5, 0.6) is 0 Å². The van der Waals surface area contributed by atoms with Crippen LogP contribution in [-0.4, -0.2) is 13.1 Å². The molecule has 0 saturated heterocycles. The van der Waals surface area contributed by atoms with Crippen LogP contribution in [0, 0.1) is 5.92 Å². The van der Waals surface area contributed by atoms with Gasteiger partial charge in [-0.25, -0.2) is 0 Å². The lowest BCUT2D eigenvalue weighted by molar-refractivity contribution is 0.486. The van der Waals surface area contributed by atoms with Crippen molar-refractivity contribution >= 4 is 11.4 Å². The molecule has 0 unspecified atom stereocenters. The minimum atomic E-state index is 0.789. The maximum absolute atomic E-state index is 5.70. The third-order valence-corrected chi connectivity index (χ3v) is 3.27. The number of benzene rings is 1. The predicted molar refractivity (Wildman–Crippen MR) is 72.8 cm³/mol. The second kappa shape index (κ2) is 6.41. The van der Waals surface area contributed by atoms with E-state index >= 15 is 0 Å². The Morgan fingerprint density at radius 2 is 1.62 bits per heavy atom. The van der Waals surface area contributed by atoms with E-state index < -0.39 is 0 Å². The number of nitrogens with two attached hydrogens (primary N) is 1. The van der Waals surface area contributed by atoms with Gasteiger partial charge in [-0.1, -0.05) is 26.7 Å². The van der Waals surface area contributed by atoms with Crippen LogP contribution in [0.2, 0.25) is 0 Å². The standard InChI is InChI=1S/C14H24N2/c1-4-12(5-2)11-16(6-3)14-9-7-13(15)8-10-14/h7-10,12H,4-6,11,15H2,1-3H3. The highest BCUT2D eigenvalue weighted by Crippen LogP contribution is 2.19.